The number of carbonyl (C=O) groups excluding carboxylic acids is 1. The molecule has 4 nitrogen and oxygen atoms in total. The molecule has 82 valence electrons. The van der Waals surface area contributed by atoms with E-state index in [0.29, 0.717) is 13.0 Å². The molecule has 0 saturated carbocycles. The monoisotopic (exact) mass is 209 g/mol. The van der Waals surface area contributed by atoms with Gasteiger partial charge in [0.15, 0.2) is 12.8 Å². The van der Waals surface area contributed by atoms with Crippen LogP contribution in [-0.2, 0) is 4.74 Å². The summed E-state index contributed by atoms with van der Waals surface area (Å²) in [5.74, 6) is 0.0451. The summed E-state index contributed by atoms with van der Waals surface area (Å²) >= 11 is 0. The van der Waals surface area contributed by atoms with Gasteiger partial charge in [-0.15, -0.1) is 4.58 Å². The SMILES string of the molecule is CC(C)(C)OC(=O)[N+]1=CCC(C#N)CC1. The van der Waals surface area contributed by atoms with E-state index in [9.17, 15) is 4.79 Å². The Kier molecular flexibility index (Phi) is 3.46. The highest BCUT2D eigenvalue weighted by atomic mass is 16.6. The molecule has 1 aliphatic heterocycles. The Morgan fingerprint density at radius 2 is 2.27 bits per heavy atom. The lowest BCUT2D eigenvalue weighted by molar-refractivity contribution is -0.453. The van der Waals surface area contributed by atoms with Crippen molar-refractivity contribution in [1.82, 2.24) is 0 Å². The summed E-state index contributed by atoms with van der Waals surface area (Å²) < 4.78 is 6.77. The fourth-order valence-corrected chi connectivity index (χ4v) is 1.36. The first kappa shape index (κ1) is 11.7. The molecule has 15 heavy (non-hydrogen) atoms. The number of hydrogen-bond acceptors (Lipinski definition) is 3. The highest BCUT2D eigenvalue weighted by molar-refractivity contribution is 5.67. The quantitative estimate of drug-likeness (QED) is 0.573. The van der Waals surface area contributed by atoms with E-state index >= 15 is 0 Å². The van der Waals surface area contributed by atoms with Crippen molar-refractivity contribution in [2.75, 3.05) is 6.54 Å². The lowest BCUT2D eigenvalue weighted by Crippen LogP contribution is -2.34. The number of amides is 1. The van der Waals surface area contributed by atoms with Gasteiger partial charge in [0.05, 0.1) is 12.0 Å². The van der Waals surface area contributed by atoms with Crippen LogP contribution in [0, 0.1) is 17.2 Å². The number of nitrogens with zero attached hydrogens (tertiary/aromatic N) is 2. The molecule has 0 aliphatic carbocycles. The molecule has 1 heterocycles. The molecule has 0 radical (unpaired) electrons. The Bertz CT molecular complexity index is 320. The normalized spacial score (nSPS) is 21.5. The fourth-order valence-electron chi connectivity index (χ4n) is 1.36. The molecular weight excluding hydrogens is 192 g/mol. The minimum atomic E-state index is -0.461. The van der Waals surface area contributed by atoms with Crippen molar-refractivity contribution in [2.45, 2.75) is 39.2 Å². The van der Waals surface area contributed by atoms with Crippen molar-refractivity contribution in [2.24, 2.45) is 5.92 Å². The van der Waals surface area contributed by atoms with Gasteiger partial charge in [-0.3, -0.25) is 0 Å². The second-order valence-corrected chi connectivity index (χ2v) is 4.71. The van der Waals surface area contributed by atoms with Crippen LogP contribution in [0.1, 0.15) is 33.6 Å². The predicted molar refractivity (Wildman–Crippen MR) is 55.8 cm³/mol. The average Bonchev–Trinajstić information content (AvgIpc) is 2.15. The van der Waals surface area contributed by atoms with Crippen LogP contribution in [0.2, 0.25) is 0 Å². The first-order valence-corrected chi connectivity index (χ1v) is 5.15. The summed E-state index contributed by atoms with van der Waals surface area (Å²) in [6.07, 6.45) is 2.80. The van der Waals surface area contributed by atoms with Crippen LogP contribution < -0.4 is 0 Å². The summed E-state index contributed by atoms with van der Waals surface area (Å²) in [7, 11) is 0. The molecule has 1 atom stereocenters. The number of nitriles is 1. The van der Waals surface area contributed by atoms with Crippen molar-refractivity contribution < 1.29 is 14.1 Å². The predicted octanol–water partition coefficient (Wildman–Crippen LogP) is 1.94. The Morgan fingerprint density at radius 1 is 1.60 bits per heavy atom. The Labute approximate surface area is 90.2 Å². The number of ether oxygens (including phenoxy) is 1. The number of rotatable bonds is 0. The molecular formula is C11H17N2O2+. The highest BCUT2D eigenvalue weighted by Gasteiger charge is 2.29. The minimum Gasteiger partial charge on any atom is -0.406 e. The topological polar surface area (TPSA) is 53.1 Å². The van der Waals surface area contributed by atoms with Crippen LogP contribution in [0.4, 0.5) is 4.79 Å². The van der Waals surface area contributed by atoms with Gasteiger partial charge in [0.1, 0.15) is 5.60 Å². The minimum absolute atomic E-state index is 0.0451. The van der Waals surface area contributed by atoms with Gasteiger partial charge in [0.2, 0.25) is 0 Å². The molecule has 1 amide bonds. The summed E-state index contributed by atoms with van der Waals surface area (Å²) in [6.45, 7) is 6.10. The standard InChI is InChI=1S/C11H17N2O2/c1-11(2,3)15-10(14)13-6-4-9(8-12)5-7-13/h6,9H,4-5,7H2,1-3H3/q+1. The highest BCUT2D eigenvalue weighted by Crippen LogP contribution is 2.13. The molecule has 0 fully saturated rings. The van der Waals surface area contributed by atoms with Gasteiger partial charge in [-0.2, -0.15) is 10.1 Å². The number of carbonyl (C=O) groups is 1. The van der Waals surface area contributed by atoms with Crippen LogP contribution in [0.3, 0.4) is 0 Å². The molecule has 0 spiro atoms. The lowest BCUT2D eigenvalue weighted by atomic mass is 10.0. The van der Waals surface area contributed by atoms with E-state index in [0.717, 1.165) is 6.42 Å². The van der Waals surface area contributed by atoms with Gasteiger partial charge in [-0.25, -0.2) is 0 Å². The Hall–Kier alpha value is -1.37. The van der Waals surface area contributed by atoms with E-state index in [1.807, 2.05) is 20.8 Å². The molecule has 0 N–H and O–H groups in total. The molecule has 0 aromatic rings. The van der Waals surface area contributed by atoms with E-state index in [4.69, 9.17) is 10.00 Å². The van der Waals surface area contributed by atoms with E-state index in [-0.39, 0.29) is 12.0 Å². The van der Waals surface area contributed by atoms with Crippen LogP contribution in [-0.4, -0.2) is 29.0 Å². The zero-order valence-corrected chi connectivity index (χ0v) is 9.49. The molecule has 1 aliphatic rings. The summed E-state index contributed by atoms with van der Waals surface area (Å²) in [5, 5.41) is 8.70. The molecule has 0 aromatic carbocycles. The van der Waals surface area contributed by atoms with Crippen molar-refractivity contribution in [3.05, 3.63) is 0 Å². The van der Waals surface area contributed by atoms with Gasteiger partial charge in [-0.05, 0) is 20.8 Å². The first-order valence-electron chi connectivity index (χ1n) is 5.15. The van der Waals surface area contributed by atoms with Crippen LogP contribution in [0.5, 0.6) is 0 Å². The van der Waals surface area contributed by atoms with E-state index in [1.165, 1.54) is 0 Å². The van der Waals surface area contributed by atoms with Crippen molar-refractivity contribution in [1.29, 1.82) is 5.26 Å². The molecule has 4 heteroatoms. The maximum absolute atomic E-state index is 11.6. The van der Waals surface area contributed by atoms with E-state index < -0.39 is 5.60 Å². The van der Waals surface area contributed by atoms with Gasteiger partial charge in [0.25, 0.3) is 0 Å². The van der Waals surface area contributed by atoms with Gasteiger partial charge >= 0.3 is 6.09 Å². The molecule has 0 aromatic heterocycles. The third kappa shape index (κ3) is 3.70. The van der Waals surface area contributed by atoms with Gasteiger partial charge in [0, 0.05) is 12.8 Å². The average molecular weight is 209 g/mol. The Balaban J connectivity index is 2.57. The van der Waals surface area contributed by atoms with Crippen LogP contribution in [0.15, 0.2) is 0 Å². The van der Waals surface area contributed by atoms with Gasteiger partial charge < -0.3 is 4.74 Å². The summed E-state index contributed by atoms with van der Waals surface area (Å²) in [6, 6.07) is 2.20. The zero-order valence-electron chi connectivity index (χ0n) is 9.49. The van der Waals surface area contributed by atoms with E-state index in [2.05, 4.69) is 6.07 Å². The van der Waals surface area contributed by atoms with Crippen LogP contribution >= 0.6 is 0 Å². The third-order valence-corrected chi connectivity index (χ3v) is 2.14. The second-order valence-electron chi connectivity index (χ2n) is 4.71. The van der Waals surface area contributed by atoms with Crippen molar-refractivity contribution in [3.8, 4) is 6.07 Å². The lowest BCUT2D eigenvalue weighted by Gasteiger charge is -2.18. The second kappa shape index (κ2) is 4.43. The fraction of sp³-hybridized carbons (Fsp3) is 0.727. The molecule has 0 bridgehead atoms. The maximum atomic E-state index is 11.6. The summed E-state index contributed by atoms with van der Waals surface area (Å²) in [4.78, 5) is 11.6. The van der Waals surface area contributed by atoms with Crippen molar-refractivity contribution in [3.63, 3.8) is 0 Å². The zero-order chi connectivity index (χ0) is 11.5. The van der Waals surface area contributed by atoms with Crippen molar-refractivity contribution >= 4 is 12.3 Å². The molecule has 1 rings (SSSR count). The maximum Gasteiger partial charge on any atom is 0.596 e. The summed E-state index contributed by atoms with van der Waals surface area (Å²) in [5.41, 5.74) is -0.461. The largest absolute Gasteiger partial charge is 0.596 e. The number of hydrogen-bond donors (Lipinski definition) is 0. The molecule has 1 unspecified atom stereocenters. The molecule has 0 saturated heterocycles. The third-order valence-electron chi connectivity index (χ3n) is 2.14. The Morgan fingerprint density at radius 3 is 2.67 bits per heavy atom. The smallest absolute Gasteiger partial charge is 0.406 e. The van der Waals surface area contributed by atoms with Crippen LogP contribution in [0.25, 0.3) is 0 Å². The van der Waals surface area contributed by atoms with E-state index in [1.54, 1.807) is 10.8 Å². The first-order chi connectivity index (χ1) is 6.92. The van der Waals surface area contributed by atoms with Gasteiger partial charge in [-0.1, -0.05) is 0 Å².